The molecule has 31 heavy (non-hydrogen) atoms. The van der Waals surface area contributed by atoms with Gasteiger partial charge in [-0.25, -0.2) is 4.39 Å². The Balaban J connectivity index is 1.16. The second-order valence-electron chi connectivity index (χ2n) is 8.83. The Morgan fingerprint density at radius 3 is 2.45 bits per heavy atom. The number of carbonyl (C=O) groups excluding carboxylic acids is 2. The minimum Gasteiger partial charge on any atom is -0.349 e. The molecule has 1 saturated carbocycles. The predicted octanol–water partition coefficient (Wildman–Crippen LogP) is 3.33. The highest BCUT2D eigenvalue weighted by atomic mass is 19.1. The van der Waals surface area contributed by atoms with E-state index in [2.05, 4.69) is 15.5 Å². The van der Waals surface area contributed by atoms with Crippen LogP contribution in [0.4, 0.5) is 4.39 Å². The van der Waals surface area contributed by atoms with Crippen LogP contribution >= 0.6 is 0 Å². The van der Waals surface area contributed by atoms with Gasteiger partial charge < -0.3 is 10.6 Å². The molecule has 0 aromatic heterocycles. The summed E-state index contributed by atoms with van der Waals surface area (Å²) in [7, 11) is 0. The standard InChI is InChI=1S/C25H30FN3O2/c1-18-6-5-7-19(14-18)24(31)27-15-23(30)28-21-16-29(17-21)22-10-12-25(26,13-11-22)20-8-3-2-4-9-20/h2-9,14,21-22H,10-13,15-17H2,1H3,(H,27,31)(H,28,30). The first-order valence-electron chi connectivity index (χ1n) is 11.1. The zero-order valence-corrected chi connectivity index (χ0v) is 17.9. The van der Waals surface area contributed by atoms with Gasteiger partial charge in [0.1, 0.15) is 5.67 Å². The fourth-order valence-electron chi connectivity index (χ4n) is 4.68. The van der Waals surface area contributed by atoms with Gasteiger partial charge in [-0.15, -0.1) is 0 Å². The Bertz CT molecular complexity index is 919. The number of benzene rings is 2. The van der Waals surface area contributed by atoms with Gasteiger partial charge in [-0.3, -0.25) is 14.5 Å². The molecule has 6 heteroatoms. The van der Waals surface area contributed by atoms with Gasteiger partial charge in [-0.05, 0) is 50.3 Å². The van der Waals surface area contributed by atoms with Crippen LogP contribution in [0.25, 0.3) is 0 Å². The Hall–Kier alpha value is -2.73. The molecule has 1 saturated heterocycles. The Morgan fingerprint density at radius 2 is 1.77 bits per heavy atom. The molecule has 1 aliphatic carbocycles. The number of halogens is 1. The van der Waals surface area contributed by atoms with Gasteiger partial charge in [0.2, 0.25) is 5.91 Å². The van der Waals surface area contributed by atoms with Crippen molar-refractivity contribution in [1.29, 1.82) is 0 Å². The molecule has 0 bridgehead atoms. The van der Waals surface area contributed by atoms with Crippen LogP contribution in [0.1, 0.15) is 47.2 Å². The van der Waals surface area contributed by atoms with Crippen molar-refractivity contribution in [3.05, 3.63) is 71.3 Å². The molecular formula is C25H30FN3O2. The van der Waals surface area contributed by atoms with E-state index in [0.29, 0.717) is 24.4 Å². The van der Waals surface area contributed by atoms with E-state index < -0.39 is 5.67 Å². The van der Waals surface area contributed by atoms with E-state index in [1.165, 1.54) is 0 Å². The third kappa shape index (κ3) is 5.13. The van der Waals surface area contributed by atoms with Crippen molar-refractivity contribution in [2.75, 3.05) is 19.6 Å². The number of hydrogen-bond acceptors (Lipinski definition) is 3. The lowest BCUT2D eigenvalue weighted by Crippen LogP contribution is -2.63. The maximum atomic E-state index is 15.3. The second-order valence-corrected chi connectivity index (χ2v) is 8.83. The van der Waals surface area contributed by atoms with Crippen molar-refractivity contribution in [1.82, 2.24) is 15.5 Å². The van der Waals surface area contributed by atoms with Crippen LogP contribution in [-0.2, 0) is 10.5 Å². The average molecular weight is 424 g/mol. The Morgan fingerprint density at radius 1 is 1.06 bits per heavy atom. The highest BCUT2D eigenvalue weighted by molar-refractivity contribution is 5.96. The van der Waals surface area contributed by atoms with Crippen molar-refractivity contribution in [2.24, 2.45) is 0 Å². The molecule has 164 valence electrons. The molecule has 0 atom stereocenters. The van der Waals surface area contributed by atoms with E-state index in [9.17, 15) is 9.59 Å². The fourth-order valence-corrected chi connectivity index (χ4v) is 4.68. The van der Waals surface area contributed by atoms with Crippen LogP contribution in [0.5, 0.6) is 0 Å². The van der Waals surface area contributed by atoms with Crippen molar-refractivity contribution in [3.8, 4) is 0 Å². The second kappa shape index (κ2) is 9.18. The highest BCUT2D eigenvalue weighted by Crippen LogP contribution is 2.42. The highest BCUT2D eigenvalue weighted by Gasteiger charge is 2.41. The van der Waals surface area contributed by atoms with Crippen molar-refractivity contribution in [2.45, 2.75) is 50.4 Å². The molecule has 2 N–H and O–H groups in total. The van der Waals surface area contributed by atoms with E-state index in [1.807, 2.05) is 49.4 Å². The van der Waals surface area contributed by atoms with Gasteiger partial charge in [0.25, 0.3) is 5.91 Å². The molecule has 0 spiro atoms. The molecule has 2 aromatic carbocycles. The molecule has 0 unspecified atom stereocenters. The van der Waals surface area contributed by atoms with Crippen LogP contribution in [0.2, 0.25) is 0 Å². The van der Waals surface area contributed by atoms with Crippen molar-refractivity contribution in [3.63, 3.8) is 0 Å². The molecular weight excluding hydrogens is 393 g/mol. The molecule has 2 aliphatic rings. The summed E-state index contributed by atoms with van der Waals surface area (Å²) >= 11 is 0. The largest absolute Gasteiger partial charge is 0.349 e. The molecule has 2 fully saturated rings. The quantitative estimate of drug-likeness (QED) is 0.749. The van der Waals surface area contributed by atoms with E-state index in [1.54, 1.807) is 12.1 Å². The first-order chi connectivity index (χ1) is 14.9. The summed E-state index contributed by atoms with van der Waals surface area (Å²) in [6.45, 7) is 3.46. The minimum absolute atomic E-state index is 0.0336. The number of carbonyl (C=O) groups is 2. The number of hydrogen-bond donors (Lipinski definition) is 2. The Kier molecular flexibility index (Phi) is 6.37. The lowest BCUT2D eigenvalue weighted by molar-refractivity contribution is -0.122. The Labute approximate surface area is 183 Å². The third-order valence-electron chi connectivity index (χ3n) is 6.52. The molecule has 5 nitrogen and oxygen atoms in total. The van der Waals surface area contributed by atoms with Gasteiger partial charge in [-0.2, -0.15) is 0 Å². The van der Waals surface area contributed by atoms with Crippen LogP contribution < -0.4 is 10.6 Å². The van der Waals surface area contributed by atoms with Crippen molar-refractivity contribution >= 4 is 11.8 Å². The van der Waals surface area contributed by atoms with Crippen LogP contribution in [0.15, 0.2) is 54.6 Å². The van der Waals surface area contributed by atoms with E-state index in [0.717, 1.165) is 37.1 Å². The van der Waals surface area contributed by atoms with Crippen LogP contribution in [-0.4, -0.2) is 48.4 Å². The zero-order valence-electron chi connectivity index (χ0n) is 17.9. The van der Waals surface area contributed by atoms with Gasteiger partial charge in [0.05, 0.1) is 12.6 Å². The van der Waals surface area contributed by atoms with Gasteiger partial charge in [-0.1, -0.05) is 48.0 Å². The van der Waals surface area contributed by atoms with E-state index >= 15 is 4.39 Å². The summed E-state index contributed by atoms with van der Waals surface area (Å²) in [5, 5.41) is 5.65. The number of nitrogens with one attached hydrogen (secondary N) is 2. The van der Waals surface area contributed by atoms with Gasteiger partial charge in [0, 0.05) is 24.7 Å². The summed E-state index contributed by atoms with van der Waals surface area (Å²) in [6.07, 6.45) is 2.75. The summed E-state index contributed by atoms with van der Waals surface area (Å²) < 4.78 is 15.3. The molecule has 0 radical (unpaired) electrons. The summed E-state index contributed by atoms with van der Waals surface area (Å²) in [5.41, 5.74) is 1.13. The number of alkyl halides is 1. The third-order valence-corrected chi connectivity index (χ3v) is 6.52. The fraction of sp³-hybridized carbons (Fsp3) is 0.440. The lowest BCUT2D eigenvalue weighted by Gasteiger charge is -2.47. The first kappa shape index (κ1) is 21.5. The van der Waals surface area contributed by atoms with E-state index in [-0.39, 0.29) is 24.4 Å². The molecule has 1 aliphatic heterocycles. The van der Waals surface area contributed by atoms with E-state index in [4.69, 9.17) is 0 Å². The normalized spacial score (nSPS) is 24.3. The number of amides is 2. The maximum absolute atomic E-state index is 15.3. The topological polar surface area (TPSA) is 61.4 Å². The zero-order chi connectivity index (χ0) is 21.8. The molecule has 1 heterocycles. The average Bonchev–Trinajstić information content (AvgIpc) is 2.76. The predicted molar refractivity (Wildman–Crippen MR) is 118 cm³/mol. The van der Waals surface area contributed by atoms with Crippen molar-refractivity contribution < 1.29 is 14.0 Å². The van der Waals surface area contributed by atoms with Crippen LogP contribution in [0, 0.1) is 6.92 Å². The molecule has 2 amide bonds. The lowest BCUT2D eigenvalue weighted by atomic mass is 9.78. The smallest absolute Gasteiger partial charge is 0.251 e. The number of aryl methyl sites for hydroxylation is 1. The molecule has 4 rings (SSSR count). The summed E-state index contributed by atoms with van der Waals surface area (Å²) in [4.78, 5) is 26.7. The minimum atomic E-state index is -1.22. The SMILES string of the molecule is Cc1cccc(C(=O)NCC(=O)NC2CN(C3CCC(F)(c4ccccc4)CC3)C2)c1. The van der Waals surface area contributed by atoms with Gasteiger partial charge in [0.15, 0.2) is 0 Å². The van der Waals surface area contributed by atoms with Crippen LogP contribution in [0.3, 0.4) is 0 Å². The monoisotopic (exact) mass is 423 g/mol. The number of likely N-dealkylation sites (tertiary alicyclic amines) is 1. The molecule has 2 aromatic rings. The number of nitrogens with zero attached hydrogens (tertiary/aromatic N) is 1. The maximum Gasteiger partial charge on any atom is 0.251 e. The summed E-state index contributed by atoms with van der Waals surface area (Å²) in [5.74, 6) is -0.425. The first-order valence-corrected chi connectivity index (χ1v) is 11.1. The van der Waals surface area contributed by atoms with Gasteiger partial charge >= 0.3 is 0 Å². The summed E-state index contributed by atoms with van der Waals surface area (Å²) in [6, 6.07) is 17.2. The number of rotatable bonds is 6.